The number of rotatable bonds is 4. The zero-order valence-electron chi connectivity index (χ0n) is 18.0. The van der Waals surface area contributed by atoms with Gasteiger partial charge >= 0.3 is 0 Å². The van der Waals surface area contributed by atoms with Crippen molar-refractivity contribution >= 4 is 34.0 Å². The Morgan fingerprint density at radius 3 is 2.20 bits per heavy atom. The van der Waals surface area contributed by atoms with E-state index in [2.05, 4.69) is 4.98 Å². The van der Waals surface area contributed by atoms with Crippen LogP contribution in [0.1, 0.15) is 20.7 Å². The van der Waals surface area contributed by atoms with Crippen LogP contribution in [0, 0.1) is 10.1 Å². The van der Waals surface area contributed by atoms with Crippen molar-refractivity contribution in [3.63, 3.8) is 0 Å². The molecule has 0 bridgehead atoms. The molecule has 0 spiro atoms. The predicted molar refractivity (Wildman–Crippen MR) is 129 cm³/mol. The summed E-state index contributed by atoms with van der Waals surface area (Å²) in [4.78, 5) is 43.0. The molecule has 8 nitrogen and oxygen atoms in total. The Bertz CT molecular complexity index is 1630. The van der Waals surface area contributed by atoms with E-state index in [4.69, 9.17) is 4.42 Å². The van der Waals surface area contributed by atoms with Crippen molar-refractivity contribution < 1.29 is 18.9 Å². The van der Waals surface area contributed by atoms with Crippen LogP contribution in [0.3, 0.4) is 0 Å². The zero-order chi connectivity index (χ0) is 24.1. The lowest BCUT2D eigenvalue weighted by atomic mass is 9.92. The molecule has 1 aliphatic heterocycles. The number of nitro groups is 1. The number of carbonyl (C=O) groups excluding carboxylic acids is 2. The second-order valence-electron chi connectivity index (χ2n) is 8.01. The van der Waals surface area contributed by atoms with Crippen LogP contribution in [0.2, 0.25) is 0 Å². The maximum absolute atomic E-state index is 13.3. The Labute approximate surface area is 198 Å². The van der Waals surface area contributed by atoms with Crippen LogP contribution in [-0.4, -0.2) is 21.7 Å². The Hall–Kier alpha value is -5.11. The molecule has 168 valence electrons. The first kappa shape index (κ1) is 20.5. The number of carbonyl (C=O) groups is 2. The average Bonchev–Trinajstić information content (AvgIpc) is 3.38. The highest BCUT2D eigenvalue weighted by molar-refractivity contribution is 6.36. The lowest BCUT2D eigenvalue weighted by Gasteiger charge is -2.27. The average molecular weight is 461 g/mol. The van der Waals surface area contributed by atoms with Crippen LogP contribution >= 0.6 is 0 Å². The van der Waals surface area contributed by atoms with Gasteiger partial charge in [-0.1, -0.05) is 36.4 Å². The van der Waals surface area contributed by atoms with E-state index in [9.17, 15) is 19.7 Å². The predicted octanol–water partition coefficient (Wildman–Crippen LogP) is 5.87. The third-order valence-corrected chi connectivity index (χ3v) is 6.02. The van der Waals surface area contributed by atoms with Crippen molar-refractivity contribution in [2.75, 3.05) is 4.90 Å². The highest BCUT2D eigenvalue weighted by atomic mass is 16.6. The van der Waals surface area contributed by atoms with Crippen molar-refractivity contribution in [3.8, 4) is 22.8 Å². The largest absolute Gasteiger partial charge is 0.436 e. The molecule has 1 aliphatic rings. The number of benzene rings is 4. The number of non-ortho nitro benzene ring substituents is 1. The first-order valence-corrected chi connectivity index (χ1v) is 10.7. The Kier molecular flexibility index (Phi) is 4.53. The van der Waals surface area contributed by atoms with Gasteiger partial charge in [-0.2, -0.15) is 0 Å². The number of amides is 2. The molecule has 0 saturated carbocycles. The molecule has 5 aromatic rings. The summed E-state index contributed by atoms with van der Waals surface area (Å²) in [5, 5.41) is 12.0. The lowest BCUT2D eigenvalue weighted by Crippen LogP contribution is -2.40. The third kappa shape index (κ3) is 3.19. The van der Waals surface area contributed by atoms with Gasteiger partial charge in [-0.25, -0.2) is 9.88 Å². The van der Waals surface area contributed by atoms with Crippen LogP contribution in [0.15, 0.2) is 95.5 Å². The van der Waals surface area contributed by atoms with E-state index in [0.29, 0.717) is 28.3 Å². The molecule has 35 heavy (non-hydrogen) atoms. The fraction of sp³-hybridized carbons (Fsp3) is 0. The molecule has 0 radical (unpaired) electrons. The first-order valence-electron chi connectivity index (χ1n) is 10.7. The fourth-order valence-corrected chi connectivity index (χ4v) is 4.37. The molecule has 2 amide bonds. The van der Waals surface area contributed by atoms with Crippen LogP contribution in [-0.2, 0) is 0 Å². The molecule has 0 N–H and O–H groups in total. The Morgan fingerprint density at radius 2 is 1.49 bits per heavy atom. The molecule has 0 unspecified atom stereocenters. The van der Waals surface area contributed by atoms with Gasteiger partial charge in [-0.05, 0) is 42.5 Å². The minimum atomic E-state index is -0.538. The summed E-state index contributed by atoms with van der Waals surface area (Å²) in [5.74, 6) is -0.0355. The number of imide groups is 1. The summed E-state index contributed by atoms with van der Waals surface area (Å²) >= 11 is 0. The number of aromatic nitrogens is 1. The number of hydrogen-bond acceptors (Lipinski definition) is 6. The highest BCUT2D eigenvalue weighted by Gasteiger charge is 2.35. The van der Waals surface area contributed by atoms with Crippen LogP contribution in [0.4, 0.5) is 11.4 Å². The molecule has 6 rings (SSSR count). The minimum Gasteiger partial charge on any atom is -0.436 e. The standard InChI is InChI=1S/C27H15N3O5/c31-26-20-8-4-7-19-22(30(33)34)14-13-21(24(19)20)27(32)29(26)18-11-9-17(10-12-18)25-28-15-23(35-25)16-5-2-1-3-6-16/h1-15H. The second-order valence-corrected chi connectivity index (χ2v) is 8.01. The van der Waals surface area contributed by atoms with Gasteiger partial charge in [-0.15, -0.1) is 0 Å². The van der Waals surface area contributed by atoms with Gasteiger partial charge < -0.3 is 4.42 Å². The molecule has 0 atom stereocenters. The van der Waals surface area contributed by atoms with Crippen LogP contribution < -0.4 is 4.90 Å². The maximum atomic E-state index is 13.3. The van der Waals surface area contributed by atoms with Gasteiger partial charge in [0, 0.05) is 33.7 Å². The Balaban J connectivity index is 1.36. The molecule has 0 aliphatic carbocycles. The number of nitrogens with zero attached hydrogens (tertiary/aromatic N) is 3. The summed E-state index contributed by atoms with van der Waals surface area (Å²) < 4.78 is 5.89. The number of nitro benzene ring substituents is 1. The molecule has 4 aromatic carbocycles. The molecule has 0 fully saturated rings. The molecule has 1 aromatic heterocycles. The summed E-state index contributed by atoms with van der Waals surface area (Å²) in [5.41, 5.74) is 2.30. The van der Waals surface area contributed by atoms with Crippen molar-refractivity contribution in [2.45, 2.75) is 0 Å². The molecular weight excluding hydrogens is 446 g/mol. The van der Waals surface area contributed by atoms with Gasteiger partial charge in [0.2, 0.25) is 5.89 Å². The molecule has 2 heterocycles. The molecule has 8 heteroatoms. The maximum Gasteiger partial charge on any atom is 0.277 e. The van der Waals surface area contributed by atoms with Crippen LogP contribution in [0.5, 0.6) is 0 Å². The van der Waals surface area contributed by atoms with E-state index in [0.717, 1.165) is 10.5 Å². The van der Waals surface area contributed by atoms with Gasteiger partial charge in [-0.3, -0.25) is 19.7 Å². The van der Waals surface area contributed by atoms with Gasteiger partial charge in [0.1, 0.15) is 0 Å². The first-order chi connectivity index (χ1) is 17.0. The van der Waals surface area contributed by atoms with E-state index in [1.54, 1.807) is 48.7 Å². The molecule has 0 saturated heterocycles. The van der Waals surface area contributed by atoms with Crippen molar-refractivity contribution in [3.05, 3.63) is 112 Å². The monoisotopic (exact) mass is 461 g/mol. The topological polar surface area (TPSA) is 107 Å². The SMILES string of the molecule is O=C1c2cccc3c([N+](=O)[O-])ccc(c23)C(=O)N1c1ccc(-c2ncc(-c3ccccc3)o2)cc1. The van der Waals surface area contributed by atoms with Crippen molar-refractivity contribution in [1.29, 1.82) is 0 Å². The third-order valence-electron chi connectivity index (χ3n) is 6.02. The van der Waals surface area contributed by atoms with Gasteiger partial charge in [0.15, 0.2) is 5.76 Å². The van der Waals surface area contributed by atoms with E-state index in [-0.39, 0.29) is 22.2 Å². The van der Waals surface area contributed by atoms with Gasteiger partial charge in [0.25, 0.3) is 17.5 Å². The second kappa shape index (κ2) is 7.74. The van der Waals surface area contributed by atoms with E-state index in [1.165, 1.54) is 12.1 Å². The quantitative estimate of drug-likeness (QED) is 0.188. The lowest BCUT2D eigenvalue weighted by molar-refractivity contribution is -0.383. The Morgan fingerprint density at radius 1 is 0.771 bits per heavy atom. The van der Waals surface area contributed by atoms with E-state index < -0.39 is 16.7 Å². The van der Waals surface area contributed by atoms with E-state index in [1.807, 2.05) is 30.3 Å². The minimum absolute atomic E-state index is 0.148. The normalized spacial score (nSPS) is 12.9. The van der Waals surface area contributed by atoms with Gasteiger partial charge in [0.05, 0.1) is 22.2 Å². The summed E-state index contributed by atoms with van der Waals surface area (Å²) in [6, 6.07) is 23.7. The van der Waals surface area contributed by atoms with Crippen molar-refractivity contribution in [1.82, 2.24) is 4.98 Å². The van der Waals surface area contributed by atoms with E-state index >= 15 is 0 Å². The van der Waals surface area contributed by atoms with Crippen LogP contribution in [0.25, 0.3) is 33.6 Å². The number of anilines is 1. The summed E-state index contributed by atoms with van der Waals surface area (Å²) in [6.07, 6.45) is 1.65. The highest BCUT2D eigenvalue weighted by Crippen LogP contribution is 2.37. The molecular formula is C27H15N3O5. The number of hydrogen-bond donors (Lipinski definition) is 0. The summed E-state index contributed by atoms with van der Waals surface area (Å²) in [7, 11) is 0. The fourth-order valence-electron chi connectivity index (χ4n) is 4.37. The smallest absolute Gasteiger partial charge is 0.277 e. The van der Waals surface area contributed by atoms with Crippen molar-refractivity contribution in [2.24, 2.45) is 0 Å². The zero-order valence-corrected chi connectivity index (χ0v) is 18.0. The summed E-state index contributed by atoms with van der Waals surface area (Å²) in [6.45, 7) is 0. The number of oxazole rings is 1.